The molecular formula is C16H13NO2S. The van der Waals surface area contributed by atoms with E-state index in [1.807, 2.05) is 49.6 Å². The summed E-state index contributed by atoms with van der Waals surface area (Å²) in [4.78, 5) is 17.2. The zero-order valence-electron chi connectivity index (χ0n) is 11.2. The Hall–Kier alpha value is -2.20. The van der Waals surface area contributed by atoms with Gasteiger partial charge in [0.1, 0.15) is 0 Å². The molecule has 20 heavy (non-hydrogen) atoms. The summed E-state index contributed by atoms with van der Waals surface area (Å²) in [5.41, 5.74) is 3.42. The van der Waals surface area contributed by atoms with Crippen LogP contribution >= 0.6 is 11.3 Å². The topological polar surface area (TPSA) is 38.7 Å². The van der Waals surface area contributed by atoms with Crippen molar-refractivity contribution in [3.63, 3.8) is 0 Å². The molecule has 0 N–H and O–H groups in total. The van der Waals surface area contributed by atoms with Gasteiger partial charge >= 0.3 is 5.97 Å². The quantitative estimate of drug-likeness (QED) is 0.622. The van der Waals surface area contributed by atoms with Crippen LogP contribution in [0, 0.1) is 13.8 Å². The molecule has 3 rings (SSSR count). The molecule has 2 heterocycles. The van der Waals surface area contributed by atoms with Gasteiger partial charge in [0.15, 0.2) is 5.70 Å². The molecule has 2 aromatic rings. The van der Waals surface area contributed by atoms with Crippen molar-refractivity contribution in [3.8, 4) is 0 Å². The Bertz CT molecular complexity index is 740. The molecule has 0 saturated carbocycles. The van der Waals surface area contributed by atoms with Crippen LogP contribution in [0.5, 0.6) is 0 Å². The number of thiophene rings is 1. The SMILES string of the molecule is Cc1cccc(C2=NC(=Cc3sccc3C)C(=O)O2)c1. The second kappa shape index (κ2) is 5.06. The number of esters is 1. The van der Waals surface area contributed by atoms with E-state index in [0.717, 1.165) is 21.6 Å². The molecule has 0 aliphatic carbocycles. The van der Waals surface area contributed by atoms with E-state index in [2.05, 4.69) is 4.99 Å². The smallest absolute Gasteiger partial charge is 0.363 e. The Kier molecular flexibility index (Phi) is 3.24. The Labute approximate surface area is 121 Å². The second-order valence-electron chi connectivity index (χ2n) is 4.67. The van der Waals surface area contributed by atoms with Gasteiger partial charge in [0.2, 0.25) is 5.90 Å². The molecule has 1 aliphatic heterocycles. The molecule has 0 spiro atoms. The number of cyclic esters (lactones) is 1. The van der Waals surface area contributed by atoms with Crippen LogP contribution in [0.2, 0.25) is 0 Å². The first-order valence-corrected chi connectivity index (χ1v) is 7.15. The fraction of sp³-hybridized carbons (Fsp3) is 0.125. The minimum Gasteiger partial charge on any atom is -0.402 e. The van der Waals surface area contributed by atoms with Crippen LogP contribution in [0.15, 0.2) is 46.4 Å². The van der Waals surface area contributed by atoms with Gasteiger partial charge in [-0.2, -0.15) is 0 Å². The maximum absolute atomic E-state index is 11.9. The Morgan fingerprint density at radius 1 is 1.25 bits per heavy atom. The molecule has 0 unspecified atom stereocenters. The summed E-state index contributed by atoms with van der Waals surface area (Å²) in [6.07, 6.45) is 1.78. The van der Waals surface area contributed by atoms with Crippen LogP contribution in [-0.2, 0) is 9.53 Å². The van der Waals surface area contributed by atoms with E-state index in [0.29, 0.717) is 11.6 Å². The number of hydrogen-bond donors (Lipinski definition) is 0. The van der Waals surface area contributed by atoms with Gasteiger partial charge < -0.3 is 4.74 Å². The maximum atomic E-state index is 11.9. The van der Waals surface area contributed by atoms with E-state index >= 15 is 0 Å². The summed E-state index contributed by atoms with van der Waals surface area (Å²) in [5.74, 6) is -0.0199. The number of aliphatic imine (C=N–C) groups is 1. The average molecular weight is 283 g/mol. The Morgan fingerprint density at radius 2 is 2.10 bits per heavy atom. The summed E-state index contributed by atoms with van der Waals surface area (Å²) in [7, 11) is 0. The number of carbonyl (C=O) groups is 1. The number of benzene rings is 1. The molecule has 0 amide bonds. The summed E-state index contributed by atoms with van der Waals surface area (Å²) in [6, 6.07) is 9.77. The minimum absolute atomic E-state index is 0.354. The van der Waals surface area contributed by atoms with E-state index in [1.54, 1.807) is 17.4 Å². The van der Waals surface area contributed by atoms with Gasteiger partial charge in [-0.3, -0.25) is 0 Å². The summed E-state index contributed by atoms with van der Waals surface area (Å²) in [5, 5.41) is 1.99. The molecular weight excluding hydrogens is 270 g/mol. The van der Waals surface area contributed by atoms with Crippen molar-refractivity contribution in [1.29, 1.82) is 0 Å². The predicted molar refractivity (Wildman–Crippen MR) is 80.8 cm³/mol. The summed E-state index contributed by atoms with van der Waals surface area (Å²) < 4.78 is 5.25. The highest BCUT2D eigenvalue weighted by Crippen LogP contribution is 2.23. The van der Waals surface area contributed by atoms with Crippen LogP contribution in [0.3, 0.4) is 0 Å². The van der Waals surface area contributed by atoms with Gasteiger partial charge in [-0.15, -0.1) is 11.3 Å². The fourth-order valence-electron chi connectivity index (χ4n) is 1.97. The van der Waals surface area contributed by atoms with Crippen LogP contribution in [0.1, 0.15) is 21.6 Å². The molecule has 1 aromatic heterocycles. The lowest BCUT2D eigenvalue weighted by Gasteiger charge is -1.99. The maximum Gasteiger partial charge on any atom is 0.363 e. The lowest BCUT2D eigenvalue weighted by Crippen LogP contribution is -2.05. The van der Waals surface area contributed by atoms with Crippen molar-refractivity contribution >= 4 is 29.3 Å². The van der Waals surface area contributed by atoms with Gasteiger partial charge in [-0.05, 0) is 49.1 Å². The zero-order valence-corrected chi connectivity index (χ0v) is 12.0. The highest BCUT2D eigenvalue weighted by molar-refractivity contribution is 7.11. The van der Waals surface area contributed by atoms with E-state index in [-0.39, 0.29) is 0 Å². The molecule has 3 nitrogen and oxygen atoms in total. The van der Waals surface area contributed by atoms with Gasteiger partial charge in [-0.1, -0.05) is 17.7 Å². The van der Waals surface area contributed by atoms with Crippen molar-refractivity contribution in [2.75, 3.05) is 0 Å². The van der Waals surface area contributed by atoms with Crippen LogP contribution in [0.4, 0.5) is 0 Å². The third-order valence-electron chi connectivity index (χ3n) is 3.06. The number of rotatable bonds is 2. The molecule has 0 bridgehead atoms. The van der Waals surface area contributed by atoms with Gasteiger partial charge in [0, 0.05) is 10.4 Å². The van der Waals surface area contributed by atoms with E-state index in [1.165, 1.54) is 0 Å². The number of ether oxygens (including phenoxy) is 1. The molecule has 0 fully saturated rings. The average Bonchev–Trinajstić information content (AvgIpc) is 2.98. The molecule has 0 atom stereocenters. The monoisotopic (exact) mass is 283 g/mol. The molecule has 1 aliphatic rings. The molecule has 1 aromatic carbocycles. The van der Waals surface area contributed by atoms with E-state index in [4.69, 9.17) is 4.74 Å². The van der Waals surface area contributed by atoms with Gasteiger partial charge in [0.05, 0.1) is 0 Å². The van der Waals surface area contributed by atoms with Gasteiger partial charge in [0.25, 0.3) is 0 Å². The van der Waals surface area contributed by atoms with E-state index in [9.17, 15) is 4.79 Å². The molecule has 4 heteroatoms. The highest BCUT2D eigenvalue weighted by atomic mass is 32.1. The molecule has 100 valence electrons. The lowest BCUT2D eigenvalue weighted by atomic mass is 10.1. The van der Waals surface area contributed by atoms with Crippen molar-refractivity contribution in [1.82, 2.24) is 0 Å². The van der Waals surface area contributed by atoms with Crippen LogP contribution in [-0.4, -0.2) is 11.9 Å². The largest absolute Gasteiger partial charge is 0.402 e. The van der Waals surface area contributed by atoms with Crippen molar-refractivity contribution in [2.24, 2.45) is 4.99 Å². The first-order chi connectivity index (χ1) is 9.63. The highest BCUT2D eigenvalue weighted by Gasteiger charge is 2.24. The first kappa shape index (κ1) is 12.8. The third-order valence-corrected chi connectivity index (χ3v) is 4.02. The minimum atomic E-state index is -0.394. The number of carbonyl (C=O) groups excluding carboxylic acids is 1. The van der Waals surface area contributed by atoms with Crippen molar-refractivity contribution in [2.45, 2.75) is 13.8 Å². The number of nitrogens with zero attached hydrogens (tertiary/aromatic N) is 1. The summed E-state index contributed by atoms with van der Waals surface area (Å²) >= 11 is 1.58. The normalized spacial score (nSPS) is 16.4. The van der Waals surface area contributed by atoms with Crippen LogP contribution < -0.4 is 0 Å². The third kappa shape index (κ3) is 2.42. The second-order valence-corrected chi connectivity index (χ2v) is 5.62. The van der Waals surface area contributed by atoms with Crippen LogP contribution in [0.25, 0.3) is 6.08 Å². The van der Waals surface area contributed by atoms with Crippen molar-refractivity contribution in [3.05, 3.63) is 63.0 Å². The lowest BCUT2D eigenvalue weighted by molar-refractivity contribution is -0.129. The predicted octanol–water partition coefficient (Wildman–Crippen LogP) is 3.71. The van der Waals surface area contributed by atoms with Gasteiger partial charge in [-0.25, -0.2) is 9.79 Å². The molecule has 0 saturated heterocycles. The zero-order chi connectivity index (χ0) is 14.1. The number of hydrogen-bond acceptors (Lipinski definition) is 4. The van der Waals surface area contributed by atoms with Crippen molar-refractivity contribution < 1.29 is 9.53 Å². The standard InChI is InChI=1S/C16H13NO2S/c1-10-4-3-5-12(8-10)15-17-13(16(18)19-15)9-14-11(2)6-7-20-14/h3-9H,1-2H3. The van der Waals surface area contributed by atoms with E-state index < -0.39 is 5.97 Å². The Morgan fingerprint density at radius 3 is 2.80 bits per heavy atom. The number of aryl methyl sites for hydroxylation is 2. The fourth-order valence-corrected chi connectivity index (χ4v) is 2.82. The Balaban J connectivity index is 1.97. The molecule has 0 radical (unpaired) electrons. The first-order valence-electron chi connectivity index (χ1n) is 6.27. The summed E-state index contributed by atoms with van der Waals surface area (Å²) in [6.45, 7) is 4.00.